The van der Waals surface area contributed by atoms with Gasteiger partial charge in [-0.1, -0.05) is 12.1 Å². The maximum atomic E-state index is 13.0. The zero-order valence-corrected chi connectivity index (χ0v) is 16.4. The van der Waals surface area contributed by atoms with Crippen LogP contribution in [-0.4, -0.2) is 72.0 Å². The molecular weight excluding hydrogens is 372 g/mol. The molecule has 8 heteroatoms. The van der Waals surface area contributed by atoms with E-state index in [2.05, 4.69) is 21.6 Å². The summed E-state index contributed by atoms with van der Waals surface area (Å²) in [4.78, 5) is 40.9. The number of amides is 3. The highest BCUT2D eigenvalue weighted by molar-refractivity contribution is 6.05. The van der Waals surface area contributed by atoms with Crippen molar-refractivity contribution in [2.75, 3.05) is 26.2 Å². The van der Waals surface area contributed by atoms with E-state index >= 15 is 0 Å². The molecule has 0 aliphatic carbocycles. The summed E-state index contributed by atoms with van der Waals surface area (Å²) >= 11 is 0. The van der Waals surface area contributed by atoms with Crippen molar-refractivity contribution in [1.82, 2.24) is 20.4 Å². The Labute approximate surface area is 169 Å². The average Bonchev–Trinajstić information content (AvgIpc) is 3.06. The summed E-state index contributed by atoms with van der Waals surface area (Å²) in [5.74, 6) is -0.747. The number of morpholine rings is 1. The number of nitrogens with zero attached hydrogens (tertiary/aromatic N) is 2. The number of imide groups is 1. The second-order valence-electron chi connectivity index (χ2n) is 8.28. The maximum absolute atomic E-state index is 13.0. The Kier molecular flexibility index (Phi) is 4.85. The minimum absolute atomic E-state index is 0.115. The number of piperidine rings is 2. The van der Waals surface area contributed by atoms with Gasteiger partial charge in [0.15, 0.2) is 0 Å². The number of carbonyl (C=O) groups is 3. The molecule has 154 valence electrons. The first-order valence-corrected chi connectivity index (χ1v) is 10.4. The van der Waals surface area contributed by atoms with Crippen LogP contribution in [0, 0.1) is 0 Å². The molecular formula is C21H26N4O4. The van der Waals surface area contributed by atoms with Crippen LogP contribution in [0.4, 0.5) is 0 Å². The van der Waals surface area contributed by atoms with Crippen molar-refractivity contribution < 1.29 is 19.1 Å². The van der Waals surface area contributed by atoms with Gasteiger partial charge < -0.3 is 15.0 Å². The van der Waals surface area contributed by atoms with Gasteiger partial charge in [0.2, 0.25) is 11.8 Å². The van der Waals surface area contributed by atoms with Gasteiger partial charge in [0.1, 0.15) is 6.04 Å². The number of rotatable bonds is 3. The summed E-state index contributed by atoms with van der Waals surface area (Å²) in [6.07, 6.45) is 1.95. The van der Waals surface area contributed by atoms with E-state index in [9.17, 15) is 14.4 Å². The molecule has 3 fully saturated rings. The summed E-state index contributed by atoms with van der Waals surface area (Å²) < 4.78 is 5.96. The van der Waals surface area contributed by atoms with E-state index in [-0.39, 0.29) is 30.2 Å². The Balaban J connectivity index is 1.37. The summed E-state index contributed by atoms with van der Waals surface area (Å²) in [5, 5.41) is 5.83. The minimum atomic E-state index is -0.573. The molecule has 0 spiro atoms. The quantitative estimate of drug-likeness (QED) is 0.697. The fourth-order valence-corrected chi connectivity index (χ4v) is 5.08. The Bertz CT molecular complexity index is 855. The van der Waals surface area contributed by atoms with E-state index in [1.807, 2.05) is 12.1 Å². The van der Waals surface area contributed by atoms with Crippen molar-refractivity contribution in [1.29, 1.82) is 0 Å². The van der Waals surface area contributed by atoms with Crippen molar-refractivity contribution in [3.8, 4) is 0 Å². The molecule has 5 rings (SSSR count). The SMILES string of the molecule is O=C1CCC(N2Cc3c(CN4CCO[C@H]5CCNC[C@H]54)cccc3C2=O)C(=O)N1. The second kappa shape index (κ2) is 7.51. The lowest BCUT2D eigenvalue weighted by Gasteiger charge is -2.44. The number of carbonyl (C=O) groups excluding carboxylic acids is 3. The van der Waals surface area contributed by atoms with Crippen molar-refractivity contribution in [2.24, 2.45) is 0 Å². The molecule has 3 saturated heterocycles. The molecule has 3 amide bonds. The molecule has 1 aromatic carbocycles. The van der Waals surface area contributed by atoms with Gasteiger partial charge in [-0.15, -0.1) is 0 Å². The molecule has 4 heterocycles. The Hall–Kier alpha value is -2.29. The van der Waals surface area contributed by atoms with Gasteiger partial charge in [-0.2, -0.15) is 0 Å². The van der Waals surface area contributed by atoms with E-state index in [1.54, 1.807) is 4.90 Å². The van der Waals surface area contributed by atoms with Crippen molar-refractivity contribution in [3.05, 3.63) is 34.9 Å². The predicted octanol–water partition coefficient (Wildman–Crippen LogP) is 0.0103. The summed E-state index contributed by atoms with van der Waals surface area (Å²) in [5.41, 5.74) is 2.82. The molecule has 1 aromatic rings. The highest BCUT2D eigenvalue weighted by Crippen LogP contribution is 2.31. The van der Waals surface area contributed by atoms with Crippen LogP contribution in [0.3, 0.4) is 0 Å². The standard InChI is InChI=1S/C21H26N4O4/c26-19-5-4-16(20(27)23-19)25-12-15-13(2-1-3-14(15)21(25)28)11-24-8-9-29-18-6-7-22-10-17(18)24/h1-3,16-18,22H,4-12H2,(H,23,26,27)/t16?,17-,18+/m1/s1. The number of ether oxygens (including phenoxy) is 1. The van der Waals surface area contributed by atoms with Crippen molar-refractivity contribution >= 4 is 17.7 Å². The molecule has 0 saturated carbocycles. The Morgan fingerprint density at radius 3 is 2.93 bits per heavy atom. The molecule has 1 unspecified atom stereocenters. The van der Waals surface area contributed by atoms with E-state index in [4.69, 9.17) is 4.74 Å². The van der Waals surface area contributed by atoms with Gasteiger partial charge in [-0.05, 0) is 36.6 Å². The molecule has 8 nitrogen and oxygen atoms in total. The van der Waals surface area contributed by atoms with Gasteiger partial charge in [0.05, 0.1) is 12.7 Å². The highest BCUT2D eigenvalue weighted by Gasteiger charge is 2.40. The van der Waals surface area contributed by atoms with Crippen LogP contribution in [0.15, 0.2) is 18.2 Å². The zero-order chi connectivity index (χ0) is 20.0. The Morgan fingerprint density at radius 1 is 1.17 bits per heavy atom. The van der Waals surface area contributed by atoms with E-state index in [0.29, 0.717) is 24.6 Å². The normalized spacial score (nSPS) is 30.1. The lowest BCUT2D eigenvalue weighted by Crippen LogP contribution is -2.58. The van der Waals surface area contributed by atoms with Crippen LogP contribution < -0.4 is 10.6 Å². The van der Waals surface area contributed by atoms with Crippen molar-refractivity contribution in [3.63, 3.8) is 0 Å². The fourth-order valence-electron chi connectivity index (χ4n) is 5.08. The first-order valence-electron chi connectivity index (χ1n) is 10.4. The third-order valence-electron chi connectivity index (χ3n) is 6.62. The summed E-state index contributed by atoms with van der Waals surface area (Å²) in [7, 11) is 0. The van der Waals surface area contributed by atoms with E-state index in [0.717, 1.165) is 50.3 Å². The minimum Gasteiger partial charge on any atom is -0.375 e. The summed E-state index contributed by atoms with van der Waals surface area (Å²) in [6, 6.07) is 5.63. The first-order chi connectivity index (χ1) is 14.1. The molecule has 0 aromatic heterocycles. The van der Waals surface area contributed by atoms with Gasteiger partial charge in [0, 0.05) is 44.2 Å². The van der Waals surface area contributed by atoms with E-state index < -0.39 is 6.04 Å². The van der Waals surface area contributed by atoms with Crippen LogP contribution >= 0.6 is 0 Å². The number of hydrogen-bond donors (Lipinski definition) is 2. The third-order valence-corrected chi connectivity index (χ3v) is 6.62. The molecule has 3 atom stereocenters. The lowest BCUT2D eigenvalue weighted by atomic mass is 9.97. The number of hydrogen-bond acceptors (Lipinski definition) is 6. The predicted molar refractivity (Wildman–Crippen MR) is 104 cm³/mol. The largest absolute Gasteiger partial charge is 0.375 e. The molecule has 4 aliphatic heterocycles. The lowest BCUT2D eigenvalue weighted by molar-refractivity contribution is -0.136. The molecule has 2 N–H and O–H groups in total. The van der Waals surface area contributed by atoms with Crippen molar-refractivity contribution in [2.45, 2.75) is 50.5 Å². The van der Waals surface area contributed by atoms with Crippen LogP contribution in [0.5, 0.6) is 0 Å². The molecule has 0 bridgehead atoms. The van der Waals surface area contributed by atoms with Gasteiger partial charge in [-0.25, -0.2) is 0 Å². The third kappa shape index (κ3) is 3.35. The average molecular weight is 398 g/mol. The first kappa shape index (κ1) is 18.7. The topological polar surface area (TPSA) is 91.0 Å². The second-order valence-corrected chi connectivity index (χ2v) is 8.28. The number of nitrogens with one attached hydrogen (secondary N) is 2. The number of benzene rings is 1. The van der Waals surface area contributed by atoms with Crippen LogP contribution in [0.25, 0.3) is 0 Å². The monoisotopic (exact) mass is 398 g/mol. The molecule has 4 aliphatic rings. The van der Waals surface area contributed by atoms with Gasteiger partial charge >= 0.3 is 0 Å². The van der Waals surface area contributed by atoms with Gasteiger partial charge in [0.25, 0.3) is 5.91 Å². The Morgan fingerprint density at radius 2 is 2.07 bits per heavy atom. The van der Waals surface area contributed by atoms with Crippen LogP contribution in [-0.2, 0) is 27.4 Å². The number of fused-ring (bicyclic) bond motifs is 2. The van der Waals surface area contributed by atoms with Crippen LogP contribution in [0.2, 0.25) is 0 Å². The van der Waals surface area contributed by atoms with Gasteiger partial charge in [-0.3, -0.25) is 24.6 Å². The van der Waals surface area contributed by atoms with Crippen LogP contribution in [0.1, 0.15) is 40.7 Å². The molecule has 0 radical (unpaired) electrons. The zero-order valence-electron chi connectivity index (χ0n) is 16.4. The molecule has 29 heavy (non-hydrogen) atoms. The fraction of sp³-hybridized carbons (Fsp3) is 0.571. The smallest absolute Gasteiger partial charge is 0.255 e. The highest BCUT2D eigenvalue weighted by atomic mass is 16.5. The maximum Gasteiger partial charge on any atom is 0.255 e. The van der Waals surface area contributed by atoms with E-state index in [1.165, 1.54) is 0 Å². The summed E-state index contributed by atoms with van der Waals surface area (Å²) in [6.45, 7) is 4.71.